The van der Waals surface area contributed by atoms with Crippen LogP contribution in [-0.4, -0.2) is 17.1 Å². The number of halogens is 2. The van der Waals surface area contributed by atoms with E-state index in [-0.39, 0.29) is 23.6 Å². The highest BCUT2D eigenvalue weighted by Crippen LogP contribution is 2.40. The van der Waals surface area contributed by atoms with E-state index in [1.807, 2.05) is 4.57 Å². The fraction of sp³-hybridized carbons (Fsp3) is 0.333. The lowest BCUT2D eigenvalue weighted by Gasteiger charge is -2.13. The number of carbonyl (C=O) groups excluding carboxylic acids is 1. The molecular weight excluding hydrogens is 393 g/mol. The molecule has 5 nitrogen and oxygen atoms in total. The maximum absolute atomic E-state index is 14.5. The number of carbonyl (C=O) groups is 1. The summed E-state index contributed by atoms with van der Waals surface area (Å²) in [6.07, 6.45) is 3.39. The normalized spacial score (nSPS) is 14.4. The summed E-state index contributed by atoms with van der Waals surface area (Å²) in [5, 5.41) is 0.912. The van der Waals surface area contributed by atoms with Gasteiger partial charge >= 0.3 is 5.97 Å². The van der Waals surface area contributed by atoms with Gasteiger partial charge in [-0.2, -0.15) is 0 Å². The Balaban J connectivity index is 2.12. The molecule has 0 atom stereocenters. The van der Waals surface area contributed by atoms with E-state index in [9.17, 15) is 14.0 Å². The van der Waals surface area contributed by atoms with Crippen LogP contribution in [0, 0.1) is 5.82 Å². The van der Waals surface area contributed by atoms with Crippen LogP contribution in [0.3, 0.4) is 0 Å². The fourth-order valence-electron chi connectivity index (χ4n) is 3.09. The zero-order valence-electron chi connectivity index (χ0n) is 13.5. The number of fused-ring (bicyclic) bond motifs is 3. The van der Waals surface area contributed by atoms with Crippen molar-refractivity contribution < 1.29 is 18.3 Å². The molecule has 130 valence electrons. The second-order valence-electron chi connectivity index (χ2n) is 6.07. The molecule has 0 amide bonds. The number of hydrogen-bond donors (Lipinski definition) is 0. The first-order valence-electron chi connectivity index (χ1n) is 8.08. The van der Waals surface area contributed by atoms with Crippen LogP contribution in [0.1, 0.15) is 41.9 Å². The molecule has 2 heterocycles. The molecule has 1 aromatic carbocycles. The summed E-state index contributed by atoms with van der Waals surface area (Å²) < 4.78 is 27.1. The number of alkyl halides is 1. The van der Waals surface area contributed by atoms with E-state index in [1.165, 1.54) is 12.3 Å². The first kappa shape index (κ1) is 16.3. The molecule has 0 spiro atoms. The van der Waals surface area contributed by atoms with Crippen molar-refractivity contribution in [3.05, 3.63) is 45.7 Å². The minimum absolute atomic E-state index is 0.0766. The summed E-state index contributed by atoms with van der Waals surface area (Å²) in [4.78, 5) is 24.9. The van der Waals surface area contributed by atoms with Gasteiger partial charge in [0.05, 0.1) is 28.2 Å². The number of aromatic nitrogens is 1. The predicted octanol–water partition coefficient (Wildman–Crippen LogP) is 4.29. The topological polar surface area (TPSA) is 61.4 Å². The smallest absolute Gasteiger partial charge is 0.343 e. The van der Waals surface area contributed by atoms with Crippen LogP contribution in [0.2, 0.25) is 0 Å². The van der Waals surface area contributed by atoms with Crippen LogP contribution in [0.15, 0.2) is 27.5 Å². The minimum atomic E-state index is -0.690. The molecule has 0 N–H and O–H groups in total. The van der Waals surface area contributed by atoms with E-state index in [1.54, 1.807) is 13.0 Å². The van der Waals surface area contributed by atoms with E-state index < -0.39 is 17.2 Å². The van der Waals surface area contributed by atoms with E-state index in [0.717, 1.165) is 12.8 Å². The summed E-state index contributed by atoms with van der Waals surface area (Å²) in [6, 6.07) is 2.98. The Kier molecular flexibility index (Phi) is 3.91. The van der Waals surface area contributed by atoms with Crippen molar-refractivity contribution in [2.45, 2.75) is 31.1 Å². The highest BCUT2D eigenvalue weighted by atomic mass is 79.9. The summed E-state index contributed by atoms with van der Waals surface area (Å²) in [5.41, 5.74) is 0.253. The molecule has 0 radical (unpaired) electrons. The van der Waals surface area contributed by atoms with Gasteiger partial charge in [0.15, 0.2) is 5.58 Å². The molecular formula is C18H15BrFNO4. The van der Waals surface area contributed by atoms with Crippen LogP contribution >= 0.6 is 15.9 Å². The standard InChI is InChI=1S/C18H15BrFNO4/c1-2-24-18(23)13-8-21(9-3-4-9)15-12(16(13)22)6-14(20)11-5-10(7-19)25-17(11)15/h5-6,8-9H,2-4,7H2,1H3. The van der Waals surface area contributed by atoms with Gasteiger partial charge in [-0.15, -0.1) is 0 Å². The lowest BCUT2D eigenvalue weighted by molar-refractivity contribution is 0.0524. The Morgan fingerprint density at radius 3 is 2.80 bits per heavy atom. The van der Waals surface area contributed by atoms with Crippen LogP contribution in [0.25, 0.3) is 21.9 Å². The van der Waals surface area contributed by atoms with Gasteiger partial charge in [-0.1, -0.05) is 15.9 Å². The zero-order valence-corrected chi connectivity index (χ0v) is 15.1. The maximum atomic E-state index is 14.5. The molecule has 0 unspecified atom stereocenters. The van der Waals surface area contributed by atoms with Gasteiger partial charge in [0.1, 0.15) is 17.1 Å². The monoisotopic (exact) mass is 407 g/mol. The van der Waals surface area contributed by atoms with Crippen molar-refractivity contribution in [2.75, 3.05) is 6.61 Å². The van der Waals surface area contributed by atoms with Crippen molar-refractivity contribution in [1.29, 1.82) is 0 Å². The van der Waals surface area contributed by atoms with E-state index >= 15 is 0 Å². The quantitative estimate of drug-likeness (QED) is 0.477. The molecule has 1 aliphatic carbocycles. The SMILES string of the molecule is CCOC(=O)c1cn(C2CC2)c2c(cc(F)c3cc(CBr)oc32)c1=O. The second-order valence-corrected chi connectivity index (χ2v) is 6.64. The van der Waals surface area contributed by atoms with Gasteiger partial charge in [-0.3, -0.25) is 4.79 Å². The Labute approximate surface area is 150 Å². The van der Waals surface area contributed by atoms with Crippen molar-refractivity contribution in [1.82, 2.24) is 4.57 Å². The third kappa shape index (κ3) is 2.57. The molecule has 1 aliphatic rings. The summed E-state index contributed by atoms with van der Waals surface area (Å²) in [6.45, 7) is 1.84. The molecule has 0 bridgehead atoms. The highest BCUT2D eigenvalue weighted by Gasteiger charge is 2.29. The molecule has 1 saturated carbocycles. The molecule has 25 heavy (non-hydrogen) atoms. The Hall–Kier alpha value is -2.15. The van der Waals surface area contributed by atoms with Crippen LogP contribution in [0.5, 0.6) is 0 Å². The van der Waals surface area contributed by atoms with Gasteiger partial charge in [0.25, 0.3) is 0 Å². The third-order valence-electron chi connectivity index (χ3n) is 4.36. The lowest BCUT2D eigenvalue weighted by atomic mass is 10.1. The number of ether oxygens (including phenoxy) is 1. The van der Waals surface area contributed by atoms with Gasteiger partial charge in [-0.05, 0) is 31.9 Å². The summed E-state index contributed by atoms with van der Waals surface area (Å²) >= 11 is 3.30. The molecule has 3 aromatic rings. The fourth-order valence-corrected chi connectivity index (χ4v) is 3.36. The Bertz CT molecular complexity index is 1060. The maximum Gasteiger partial charge on any atom is 0.343 e. The van der Waals surface area contributed by atoms with Crippen molar-refractivity contribution >= 4 is 43.8 Å². The molecule has 0 saturated heterocycles. The molecule has 4 rings (SSSR count). The summed E-state index contributed by atoms with van der Waals surface area (Å²) in [5.74, 6) is -0.658. The van der Waals surface area contributed by atoms with Crippen LogP contribution in [-0.2, 0) is 10.1 Å². The largest absolute Gasteiger partial charge is 0.462 e. The molecule has 1 fully saturated rings. The van der Waals surface area contributed by atoms with E-state index in [2.05, 4.69) is 15.9 Å². The predicted molar refractivity (Wildman–Crippen MR) is 94.8 cm³/mol. The van der Waals surface area contributed by atoms with E-state index in [4.69, 9.17) is 9.15 Å². The number of benzene rings is 1. The number of hydrogen-bond acceptors (Lipinski definition) is 4. The lowest BCUT2D eigenvalue weighted by Crippen LogP contribution is -2.21. The number of esters is 1. The zero-order chi connectivity index (χ0) is 17.7. The third-order valence-corrected chi connectivity index (χ3v) is 4.92. The van der Waals surface area contributed by atoms with Crippen molar-refractivity contribution in [3.63, 3.8) is 0 Å². The number of rotatable bonds is 4. The summed E-state index contributed by atoms with van der Waals surface area (Å²) in [7, 11) is 0. The van der Waals surface area contributed by atoms with Gasteiger partial charge < -0.3 is 13.7 Å². The van der Waals surface area contributed by atoms with Crippen LogP contribution < -0.4 is 5.43 Å². The average molecular weight is 408 g/mol. The van der Waals surface area contributed by atoms with Crippen molar-refractivity contribution in [2.24, 2.45) is 0 Å². The van der Waals surface area contributed by atoms with Gasteiger partial charge in [0.2, 0.25) is 5.43 Å². The number of pyridine rings is 1. The molecule has 0 aliphatic heterocycles. The average Bonchev–Trinajstić information content (AvgIpc) is 3.34. The van der Waals surface area contributed by atoms with E-state index in [0.29, 0.717) is 27.6 Å². The van der Waals surface area contributed by atoms with Crippen LogP contribution in [0.4, 0.5) is 4.39 Å². The number of furan rings is 1. The first-order chi connectivity index (χ1) is 12.0. The van der Waals surface area contributed by atoms with Gasteiger partial charge in [0, 0.05) is 12.2 Å². The first-order valence-corrected chi connectivity index (χ1v) is 9.20. The Morgan fingerprint density at radius 1 is 1.40 bits per heavy atom. The molecule has 2 aromatic heterocycles. The highest BCUT2D eigenvalue weighted by molar-refractivity contribution is 9.08. The second kappa shape index (κ2) is 5.98. The number of nitrogens with zero attached hydrogens (tertiary/aromatic N) is 1. The molecule has 7 heteroatoms. The van der Waals surface area contributed by atoms with Crippen molar-refractivity contribution in [3.8, 4) is 0 Å². The van der Waals surface area contributed by atoms with Gasteiger partial charge in [-0.25, -0.2) is 9.18 Å². The Morgan fingerprint density at radius 2 is 2.16 bits per heavy atom. The minimum Gasteiger partial charge on any atom is -0.462 e.